The number of hydrogen-bond acceptors (Lipinski definition) is 4. The molecule has 0 fully saturated rings. The molecule has 0 aliphatic rings. The summed E-state index contributed by atoms with van der Waals surface area (Å²) in [5.74, 6) is -6.58. The minimum Gasteiger partial charge on any atom is -0.496 e. The van der Waals surface area contributed by atoms with Crippen molar-refractivity contribution >= 4 is 6.21 Å². The molecule has 0 aliphatic heterocycles. The zero-order chi connectivity index (χ0) is 17.9. The first-order valence-corrected chi connectivity index (χ1v) is 6.45. The Morgan fingerprint density at radius 1 is 1.00 bits per heavy atom. The monoisotopic (exact) mass is 346 g/mol. The van der Waals surface area contributed by atoms with Crippen LogP contribution in [0.25, 0.3) is 0 Å². The molecule has 0 amide bonds. The number of halogens is 5. The standard InChI is InChI=1S/C15H11F5N2O2/c1-23-9-3-2-7(5-22-21)4-8(9)6-24-15-13(19)11(17)10(16)12(18)14(15)20/h2-5H,6,21H2,1H3. The van der Waals surface area contributed by atoms with Crippen molar-refractivity contribution in [3.63, 3.8) is 0 Å². The lowest BCUT2D eigenvalue weighted by Crippen LogP contribution is -2.08. The van der Waals surface area contributed by atoms with E-state index >= 15 is 0 Å². The largest absolute Gasteiger partial charge is 0.496 e. The molecule has 0 saturated heterocycles. The Kier molecular flexibility index (Phi) is 5.22. The lowest BCUT2D eigenvalue weighted by atomic mass is 10.1. The van der Waals surface area contributed by atoms with E-state index in [1.54, 1.807) is 6.07 Å². The fourth-order valence-electron chi connectivity index (χ4n) is 1.94. The van der Waals surface area contributed by atoms with Crippen LogP contribution in [-0.4, -0.2) is 13.3 Å². The molecule has 0 aliphatic carbocycles. The van der Waals surface area contributed by atoms with Crippen LogP contribution < -0.4 is 15.3 Å². The summed E-state index contributed by atoms with van der Waals surface area (Å²) in [7, 11) is 1.34. The summed E-state index contributed by atoms with van der Waals surface area (Å²) in [4.78, 5) is 0. The van der Waals surface area contributed by atoms with Gasteiger partial charge in [0.25, 0.3) is 0 Å². The molecule has 0 atom stereocenters. The molecule has 0 radical (unpaired) electrons. The Balaban J connectivity index is 2.37. The van der Waals surface area contributed by atoms with Crippen LogP contribution in [-0.2, 0) is 6.61 Å². The van der Waals surface area contributed by atoms with Crippen molar-refractivity contribution < 1.29 is 31.4 Å². The zero-order valence-corrected chi connectivity index (χ0v) is 12.2. The lowest BCUT2D eigenvalue weighted by molar-refractivity contribution is 0.249. The maximum atomic E-state index is 13.6. The fraction of sp³-hybridized carbons (Fsp3) is 0.133. The highest BCUT2D eigenvalue weighted by Gasteiger charge is 2.27. The van der Waals surface area contributed by atoms with E-state index in [1.165, 1.54) is 25.5 Å². The quantitative estimate of drug-likeness (QED) is 0.226. The average molecular weight is 346 g/mol. The van der Waals surface area contributed by atoms with Gasteiger partial charge in [-0.2, -0.15) is 13.9 Å². The smallest absolute Gasteiger partial charge is 0.207 e. The number of nitrogens with zero attached hydrogens (tertiary/aromatic N) is 1. The molecule has 128 valence electrons. The summed E-state index contributed by atoms with van der Waals surface area (Å²) in [6.07, 6.45) is 1.29. The molecular formula is C15H11F5N2O2. The highest BCUT2D eigenvalue weighted by Crippen LogP contribution is 2.30. The van der Waals surface area contributed by atoms with Gasteiger partial charge in [0.05, 0.1) is 13.3 Å². The SMILES string of the molecule is COc1ccc(C=NN)cc1COc1c(F)c(F)c(F)c(F)c1F. The predicted molar refractivity (Wildman–Crippen MR) is 75.3 cm³/mol. The number of methoxy groups -OCH3 is 1. The first-order valence-electron chi connectivity index (χ1n) is 6.45. The molecular weight excluding hydrogens is 335 g/mol. The first-order chi connectivity index (χ1) is 11.4. The van der Waals surface area contributed by atoms with Crippen LogP contribution in [0, 0.1) is 29.1 Å². The van der Waals surface area contributed by atoms with E-state index in [1.807, 2.05) is 0 Å². The van der Waals surface area contributed by atoms with E-state index in [0.717, 1.165) is 0 Å². The van der Waals surface area contributed by atoms with Crippen LogP contribution in [0.1, 0.15) is 11.1 Å². The van der Waals surface area contributed by atoms with Crippen molar-refractivity contribution in [2.45, 2.75) is 6.61 Å². The van der Waals surface area contributed by atoms with E-state index < -0.39 is 41.4 Å². The summed E-state index contributed by atoms with van der Waals surface area (Å²) >= 11 is 0. The van der Waals surface area contributed by atoms with Crippen molar-refractivity contribution in [2.24, 2.45) is 10.9 Å². The molecule has 0 heterocycles. The van der Waals surface area contributed by atoms with E-state index in [0.29, 0.717) is 11.1 Å². The fourth-order valence-corrected chi connectivity index (χ4v) is 1.94. The molecule has 2 N–H and O–H groups in total. The van der Waals surface area contributed by atoms with Crippen molar-refractivity contribution in [1.82, 2.24) is 0 Å². The normalized spacial score (nSPS) is 11.1. The third-order valence-corrected chi connectivity index (χ3v) is 3.07. The van der Waals surface area contributed by atoms with Gasteiger partial charge in [0.2, 0.25) is 29.1 Å². The molecule has 2 aromatic rings. The number of hydrogen-bond donors (Lipinski definition) is 1. The number of rotatable bonds is 5. The van der Waals surface area contributed by atoms with E-state index in [-0.39, 0.29) is 5.75 Å². The van der Waals surface area contributed by atoms with Gasteiger partial charge in [-0.15, -0.1) is 0 Å². The second kappa shape index (κ2) is 7.16. The highest BCUT2D eigenvalue weighted by molar-refractivity contribution is 5.80. The maximum Gasteiger partial charge on any atom is 0.207 e. The Bertz CT molecular complexity index is 767. The van der Waals surface area contributed by atoms with E-state index in [2.05, 4.69) is 5.10 Å². The van der Waals surface area contributed by atoms with Gasteiger partial charge in [-0.05, 0) is 23.8 Å². The van der Waals surface area contributed by atoms with Crippen LogP contribution in [0.3, 0.4) is 0 Å². The molecule has 9 heteroatoms. The lowest BCUT2D eigenvalue weighted by Gasteiger charge is -2.13. The third kappa shape index (κ3) is 3.24. The second-order valence-electron chi connectivity index (χ2n) is 4.54. The van der Waals surface area contributed by atoms with E-state index in [4.69, 9.17) is 15.3 Å². The van der Waals surface area contributed by atoms with Crippen LogP contribution >= 0.6 is 0 Å². The molecule has 0 saturated carbocycles. The number of hydrazone groups is 1. The molecule has 0 bridgehead atoms. The van der Waals surface area contributed by atoms with Gasteiger partial charge in [0.1, 0.15) is 12.4 Å². The minimum atomic E-state index is -2.25. The van der Waals surface area contributed by atoms with Gasteiger partial charge in [0.15, 0.2) is 5.75 Å². The van der Waals surface area contributed by atoms with Crippen LogP contribution in [0.5, 0.6) is 11.5 Å². The molecule has 2 aromatic carbocycles. The zero-order valence-electron chi connectivity index (χ0n) is 12.2. The van der Waals surface area contributed by atoms with Gasteiger partial charge < -0.3 is 15.3 Å². The molecule has 24 heavy (non-hydrogen) atoms. The number of benzene rings is 2. The Labute approximate surface area is 133 Å². The molecule has 2 rings (SSSR count). The number of nitrogens with two attached hydrogens (primary N) is 1. The first kappa shape index (κ1) is 17.5. The van der Waals surface area contributed by atoms with Crippen LogP contribution in [0.2, 0.25) is 0 Å². The van der Waals surface area contributed by atoms with Gasteiger partial charge >= 0.3 is 0 Å². The van der Waals surface area contributed by atoms with Crippen molar-refractivity contribution in [2.75, 3.05) is 7.11 Å². The number of ether oxygens (including phenoxy) is 2. The minimum absolute atomic E-state index is 0.285. The molecule has 0 spiro atoms. The second-order valence-corrected chi connectivity index (χ2v) is 4.54. The summed E-state index contributed by atoms with van der Waals surface area (Å²) in [6.45, 7) is -0.506. The van der Waals surface area contributed by atoms with Gasteiger partial charge in [-0.1, -0.05) is 0 Å². The summed E-state index contributed by atoms with van der Waals surface area (Å²) in [6, 6.07) is 4.58. The topological polar surface area (TPSA) is 56.8 Å². The van der Waals surface area contributed by atoms with Gasteiger partial charge in [-0.25, -0.2) is 13.2 Å². The van der Waals surface area contributed by atoms with Gasteiger partial charge in [0, 0.05) is 5.56 Å². The summed E-state index contributed by atoms with van der Waals surface area (Å²) in [5, 5.41) is 3.31. The van der Waals surface area contributed by atoms with E-state index in [9.17, 15) is 22.0 Å². The molecule has 4 nitrogen and oxygen atoms in total. The third-order valence-electron chi connectivity index (χ3n) is 3.07. The van der Waals surface area contributed by atoms with Crippen LogP contribution in [0.15, 0.2) is 23.3 Å². The Hall–Kier alpha value is -2.84. The Morgan fingerprint density at radius 3 is 2.12 bits per heavy atom. The summed E-state index contributed by atoms with van der Waals surface area (Å²) in [5.41, 5.74) is 0.813. The van der Waals surface area contributed by atoms with Crippen molar-refractivity contribution in [3.05, 3.63) is 58.4 Å². The predicted octanol–water partition coefficient (Wildman–Crippen LogP) is 3.26. The molecule has 0 aromatic heterocycles. The maximum absolute atomic E-state index is 13.6. The Morgan fingerprint density at radius 2 is 1.58 bits per heavy atom. The summed E-state index contributed by atoms with van der Waals surface area (Å²) < 4.78 is 76.3. The van der Waals surface area contributed by atoms with Crippen molar-refractivity contribution in [1.29, 1.82) is 0 Å². The van der Waals surface area contributed by atoms with Crippen molar-refractivity contribution in [3.8, 4) is 11.5 Å². The van der Waals surface area contributed by atoms with Gasteiger partial charge in [-0.3, -0.25) is 0 Å². The van der Waals surface area contributed by atoms with Crippen LogP contribution in [0.4, 0.5) is 22.0 Å². The average Bonchev–Trinajstić information content (AvgIpc) is 2.58. The molecule has 0 unspecified atom stereocenters. The highest BCUT2D eigenvalue weighted by atomic mass is 19.2.